The minimum Gasteiger partial charge on any atom is -0.399 e. The molecule has 0 atom stereocenters. The number of nitrogen functional groups attached to an aromatic ring is 1. The lowest BCUT2D eigenvalue weighted by atomic mass is 10.1. The molecule has 0 spiro atoms. The fourth-order valence-electron chi connectivity index (χ4n) is 2.03. The van der Waals surface area contributed by atoms with E-state index in [4.69, 9.17) is 5.73 Å². The summed E-state index contributed by atoms with van der Waals surface area (Å²) in [5.74, 6) is -0.298. The number of hydrazone groups is 1. The van der Waals surface area contributed by atoms with Crippen molar-refractivity contribution in [2.75, 3.05) is 5.73 Å². The first-order valence-corrected chi connectivity index (χ1v) is 7.17. The lowest BCUT2D eigenvalue weighted by molar-refractivity contribution is 0.0955. The molecule has 0 saturated carbocycles. The summed E-state index contributed by atoms with van der Waals surface area (Å²) >= 11 is 0. The highest BCUT2D eigenvalue weighted by molar-refractivity contribution is 6.01. The summed E-state index contributed by atoms with van der Waals surface area (Å²) in [7, 11) is 0. The molecule has 120 valence electrons. The Morgan fingerprint density at radius 3 is 2.38 bits per heavy atom. The van der Waals surface area contributed by atoms with Crippen LogP contribution in [0.25, 0.3) is 5.69 Å². The van der Waals surface area contributed by atoms with Gasteiger partial charge in [0.05, 0.1) is 11.4 Å². The molecule has 1 heterocycles. The number of nitrogens with one attached hydrogen (secondary N) is 1. The molecule has 3 aromatic rings. The quantitative estimate of drug-likeness (QED) is 0.428. The third-order valence-electron chi connectivity index (χ3n) is 3.40. The van der Waals surface area contributed by atoms with Crippen molar-refractivity contribution in [1.29, 1.82) is 0 Å². The van der Waals surface area contributed by atoms with Gasteiger partial charge in [-0.15, -0.1) is 5.10 Å². The summed E-state index contributed by atoms with van der Waals surface area (Å²) in [5, 5.41) is 15.0. The fraction of sp³-hybridized carbons (Fsp3) is 0.0625. The monoisotopic (exact) mass is 321 g/mol. The van der Waals surface area contributed by atoms with Crippen molar-refractivity contribution >= 4 is 17.3 Å². The van der Waals surface area contributed by atoms with Crippen LogP contribution in [0.3, 0.4) is 0 Å². The Bertz CT molecular complexity index is 852. The second-order valence-electron chi connectivity index (χ2n) is 5.06. The molecule has 8 heteroatoms. The molecule has 0 aliphatic rings. The average Bonchev–Trinajstić information content (AvgIpc) is 3.15. The molecule has 0 bridgehead atoms. The SMILES string of the molecule is C/C(=N/NC(=O)c1ccc(-n2cnnn2)cc1)c1ccc(N)cc1. The van der Waals surface area contributed by atoms with Crippen LogP contribution in [-0.4, -0.2) is 31.8 Å². The van der Waals surface area contributed by atoms with E-state index in [9.17, 15) is 4.79 Å². The van der Waals surface area contributed by atoms with Gasteiger partial charge in [0.15, 0.2) is 0 Å². The van der Waals surface area contributed by atoms with Crippen molar-refractivity contribution < 1.29 is 4.79 Å². The van der Waals surface area contributed by atoms with Crippen LogP contribution in [0.15, 0.2) is 60.0 Å². The number of nitrogens with zero attached hydrogens (tertiary/aromatic N) is 5. The fourth-order valence-corrected chi connectivity index (χ4v) is 2.03. The van der Waals surface area contributed by atoms with Crippen LogP contribution in [0, 0.1) is 0 Å². The number of hydrogen-bond donors (Lipinski definition) is 2. The van der Waals surface area contributed by atoms with Gasteiger partial charge < -0.3 is 5.73 Å². The van der Waals surface area contributed by atoms with Crippen LogP contribution in [0.2, 0.25) is 0 Å². The number of aromatic nitrogens is 4. The molecule has 24 heavy (non-hydrogen) atoms. The summed E-state index contributed by atoms with van der Waals surface area (Å²) in [6.45, 7) is 1.81. The molecule has 0 fully saturated rings. The van der Waals surface area contributed by atoms with Gasteiger partial charge in [-0.2, -0.15) is 5.10 Å². The van der Waals surface area contributed by atoms with Crippen LogP contribution in [0.5, 0.6) is 0 Å². The number of carbonyl (C=O) groups excluding carboxylic acids is 1. The van der Waals surface area contributed by atoms with Crippen LogP contribution in [-0.2, 0) is 0 Å². The predicted octanol–water partition coefficient (Wildman–Crippen LogP) is 1.40. The van der Waals surface area contributed by atoms with Gasteiger partial charge in [-0.1, -0.05) is 12.1 Å². The van der Waals surface area contributed by atoms with Gasteiger partial charge in [0.1, 0.15) is 6.33 Å². The normalized spacial score (nSPS) is 11.3. The second kappa shape index (κ2) is 6.69. The van der Waals surface area contributed by atoms with E-state index in [0.717, 1.165) is 11.3 Å². The number of anilines is 1. The molecule has 0 radical (unpaired) electrons. The number of rotatable bonds is 4. The molecule has 3 rings (SSSR count). The van der Waals surface area contributed by atoms with E-state index < -0.39 is 0 Å². The van der Waals surface area contributed by atoms with Gasteiger partial charge >= 0.3 is 0 Å². The van der Waals surface area contributed by atoms with Gasteiger partial charge in [-0.3, -0.25) is 4.79 Å². The Kier molecular flexibility index (Phi) is 4.28. The first kappa shape index (κ1) is 15.3. The molecule has 1 aromatic heterocycles. The molecule has 1 amide bonds. The van der Waals surface area contributed by atoms with E-state index in [2.05, 4.69) is 26.1 Å². The summed E-state index contributed by atoms with van der Waals surface area (Å²) in [5.41, 5.74) is 11.7. The maximum absolute atomic E-state index is 12.1. The highest BCUT2D eigenvalue weighted by Gasteiger charge is 2.06. The van der Waals surface area contributed by atoms with Gasteiger partial charge in [0, 0.05) is 11.3 Å². The predicted molar refractivity (Wildman–Crippen MR) is 89.7 cm³/mol. The van der Waals surface area contributed by atoms with Crippen molar-refractivity contribution in [3.8, 4) is 5.69 Å². The number of nitrogens with two attached hydrogens (primary N) is 1. The maximum Gasteiger partial charge on any atom is 0.271 e. The van der Waals surface area contributed by atoms with E-state index in [1.54, 1.807) is 36.4 Å². The molecule has 8 nitrogen and oxygen atoms in total. The first-order valence-electron chi connectivity index (χ1n) is 7.17. The Morgan fingerprint density at radius 2 is 1.75 bits per heavy atom. The Hall–Kier alpha value is -3.55. The van der Waals surface area contributed by atoms with Crippen LogP contribution in [0.1, 0.15) is 22.8 Å². The minimum atomic E-state index is -0.298. The lowest BCUT2D eigenvalue weighted by Crippen LogP contribution is -2.19. The molecular formula is C16H15N7O. The number of benzene rings is 2. The summed E-state index contributed by atoms with van der Waals surface area (Å²) in [6.07, 6.45) is 1.48. The zero-order chi connectivity index (χ0) is 16.9. The third-order valence-corrected chi connectivity index (χ3v) is 3.40. The Labute approximate surface area is 138 Å². The maximum atomic E-state index is 12.1. The Balaban J connectivity index is 1.68. The number of hydrogen-bond acceptors (Lipinski definition) is 6. The average molecular weight is 321 g/mol. The van der Waals surface area contributed by atoms with Crippen molar-refractivity contribution in [2.24, 2.45) is 5.10 Å². The highest BCUT2D eigenvalue weighted by atomic mass is 16.2. The first-order chi connectivity index (χ1) is 11.6. The molecular weight excluding hydrogens is 306 g/mol. The van der Waals surface area contributed by atoms with E-state index in [0.29, 0.717) is 17.0 Å². The minimum absolute atomic E-state index is 0.298. The van der Waals surface area contributed by atoms with E-state index in [-0.39, 0.29) is 5.91 Å². The summed E-state index contributed by atoms with van der Waals surface area (Å²) in [6, 6.07) is 14.1. The van der Waals surface area contributed by atoms with Crippen LogP contribution >= 0.6 is 0 Å². The number of tetrazole rings is 1. The van der Waals surface area contributed by atoms with Gasteiger partial charge in [-0.25, -0.2) is 10.1 Å². The van der Waals surface area contributed by atoms with Crippen molar-refractivity contribution in [3.05, 3.63) is 66.0 Å². The Morgan fingerprint density at radius 1 is 1.08 bits per heavy atom. The van der Waals surface area contributed by atoms with E-state index in [1.807, 2.05) is 19.1 Å². The zero-order valence-electron chi connectivity index (χ0n) is 12.9. The third kappa shape index (κ3) is 3.43. The standard InChI is InChI=1S/C16H15N7O/c1-11(12-2-6-14(17)7-3-12)19-20-16(24)13-4-8-15(9-5-13)23-10-18-21-22-23/h2-10H,17H2,1H3,(H,20,24)/b19-11-. The topological polar surface area (TPSA) is 111 Å². The molecule has 0 aliphatic heterocycles. The van der Waals surface area contributed by atoms with Crippen LogP contribution < -0.4 is 11.2 Å². The summed E-state index contributed by atoms with van der Waals surface area (Å²) in [4.78, 5) is 12.1. The summed E-state index contributed by atoms with van der Waals surface area (Å²) < 4.78 is 1.51. The van der Waals surface area contributed by atoms with Crippen molar-refractivity contribution in [2.45, 2.75) is 6.92 Å². The molecule has 3 N–H and O–H groups in total. The van der Waals surface area contributed by atoms with Crippen molar-refractivity contribution in [3.63, 3.8) is 0 Å². The molecule has 0 aliphatic carbocycles. The van der Waals surface area contributed by atoms with Gasteiger partial charge in [-0.05, 0) is 59.3 Å². The lowest BCUT2D eigenvalue weighted by Gasteiger charge is -2.04. The van der Waals surface area contributed by atoms with Gasteiger partial charge in [0.2, 0.25) is 0 Å². The van der Waals surface area contributed by atoms with Crippen LogP contribution in [0.4, 0.5) is 5.69 Å². The smallest absolute Gasteiger partial charge is 0.271 e. The number of carbonyl (C=O) groups is 1. The zero-order valence-corrected chi connectivity index (χ0v) is 12.9. The largest absolute Gasteiger partial charge is 0.399 e. The molecule has 0 saturated heterocycles. The van der Waals surface area contributed by atoms with Gasteiger partial charge in [0.25, 0.3) is 5.91 Å². The van der Waals surface area contributed by atoms with E-state index in [1.165, 1.54) is 11.0 Å². The molecule has 2 aromatic carbocycles. The number of amides is 1. The highest BCUT2D eigenvalue weighted by Crippen LogP contribution is 2.09. The van der Waals surface area contributed by atoms with Crippen molar-refractivity contribution in [1.82, 2.24) is 25.6 Å². The molecule has 0 unspecified atom stereocenters. The second-order valence-corrected chi connectivity index (χ2v) is 5.06. The van der Waals surface area contributed by atoms with E-state index >= 15 is 0 Å².